The van der Waals surface area contributed by atoms with Gasteiger partial charge < -0.3 is 9.74 Å². The molecular formula is C21H20ClN3O. The summed E-state index contributed by atoms with van der Waals surface area (Å²) < 4.78 is 0. The number of aromatic nitrogens is 1. The quantitative estimate of drug-likeness (QED) is 0.602. The van der Waals surface area contributed by atoms with Gasteiger partial charge in [0.1, 0.15) is 12.9 Å². The average Bonchev–Trinajstić information content (AvgIpc) is 2.82. The number of fused-ring (bicyclic) bond motifs is 2. The third-order valence-electron chi connectivity index (χ3n) is 4.73. The number of halogens is 1. The minimum absolute atomic E-state index is 0.733. The van der Waals surface area contributed by atoms with Crippen molar-refractivity contribution in [3.05, 3.63) is 70.2 Å². The molecule has 1 aromatic heterocycles. The summed E-state index contributed by atoms with van der Waals surface area (Å²) in [5, 5.41) is 5.96. The van der Waals surface area contributed by atoms with E-state index in [1.54, 1.807) is 7.11 Å². The van der Waals surface area contributed by atoms with Crippen molar-refractivity contribution in [3.8, 4) is 0 Å². The summed E-state index contributed by atoms with van der Waals surface area (Å²) in [4.78, 5) is 12.2. The van der Waals surface area contributed by atoms with Crippen molar-refractivity contribution in [2.24, 2.45) is 5.16 Å². The molecule has 0 fully saturated rings. The van der Waals surface area contributed by atoms with Crippen LogP contribution < -0.4 is 4.90 Å². The molecule has 0 aliphatic carbocycles. The Morgan fingerprint density at radius 3 is 2.85 bits per heavy atom. The lowest BCUT2D eigenvalue weighted by atomic mass is 10.0. The minimum Gasteiger partial charge on any atom is -0.399 e. The van der Waals surface area contributed by atoms with E-state index in [-0.39, 0.29) is 0 Å². The van der Waals surface area contributed by atoms with Crippen LogP contribution in [0.5, 0.6) is 0 Å². The maximum atomic E-state index is 6.56. The number of nitrogens with zero attached hydrogens (tertiary/aromatic N) is 3. The second-order valence-electron chi connectivity index (χ2n) is 6.53. The molecule has 0 saturated carbocycles. The Balaban J connectivity index is 1.76. The molecular weight excluding hydrogens is 346 g/mol. The van der Waals surface area contributed by atoms with Crippen LogP contribution >= 0.6 is 11.6 Å². The third kappa shape index (κ3) is 3.13. The predicted molar refractivity (Wildman–Crippen MR) is 107 cm³/mol. The average molecular weight is 366 g/mol. The topological polar surface area (TPSA) is 37.7 Å². The zero-order valence-corrected chi connectivity index (χ0v) is 15.6. The van der Waals surface area contributed by atoms with Crippen LogP contribution in [0.1, 0.15) is 23.1 Å². The molecule has 0 bridgehead atoms. The smallest absolute Gasteiger partial charge is 0.131 e. The van der Waals surface area contributed by atoms with Gasteiger partial charge in [0, 0.05) is 30.5 Å². The summed E-state index contributed by atoms with van der Waals surface area (Å²) >= 11 is 6.56. The Morgan fingerprint density at radius 2 is 2.00 bits per heavy atom. The van der Waals surface area contributed by atoms with E-state index in [0.717, 1.165) is 52.5 Å². The summed E-state index contributed by atoms with van der Waals surface area (Å²) in [7, 11) is 1.59. The maximum Gasteiger partial charge on any atom is 0.131 e. The van der Waals surface area contributed by atoms with E-state index in [2.05, 4.69) is 47.3 Å². The molecule has 0 radical (unpaired) electrons. The van der Waals surface area contributed by atoms with E-state index >= 15 is 0 Å². The van der Waals surface area contributed by atoms with Gasteiger partial charge in [0.05, 0.1) is 16.3 Å². The summed E-state index contributed by atoms with van der Waals surface area (Å²) in [6, 6.07) is 16.5. The first-order valence-corrected chi connectivity index (χ1v) is 9.03. The van der Waals surface area contributed by atoms with Gasteiger partial charge in [-0.1, -0.05) is 52.7 Å². The lowest BCUT2D eigenvalue weighted by Gasteiger charge is -2.22. The number of hydrogen-bond donors (Lipinski definition) is 0. The predicted octanol–water partition coefficient (Wildman–Crippen LogP) is 4.96. The molecule has 4 nitrogen and oxygen atoms in total. The largest absolute Gasteiger partial charge is 0.399 e. The molecule has 132 valence electrons. The summed E-state index contributed by atoms with van der Waals surface area (Å²) in [5.74, 6) is 0.889. The van der Waals surface area contributed by atoms with E-state index in [0.29, 0.717) is 0 Å². The van der Waals surface area contributed by atoms with Crippen LogP contribution in [0.15, 0.2) is 53.7 Å². The van der Waals surface area contributed by atoms with Crippen molar-refractivity contribution in [1.82, 2.24) is 4.98 Å². The van der Waals surface area contributed by atoms with Crippen molar-refractivity contribution < 1.29 is 4.84 Å². The third-order valence-corrected chi connectivity index (χ3v) is 5.05. The molecule has 0 unspecified atom stereocenters. The molecule has 2 aromatic carbocycles. The Hall–Kier alpha value is -2.59. The van der Waals surface area contributed by atoms with Crippen molar-refractivity contribution in [3.63, 3.8) is 0 Å². The van der Waals surface area contributed by atoms with Gasteiger partial charge in [0.25, 0.3) is 0 Å². The van der Waals surface area contributed by atoms with E-state index in [4.69, 9.17) is 21.4 Å². The highest BCUT2D eigenvalue weighted by molar-refractivity contribution is 6.35. The van der Waals surface area contributed by atoms with Crippen LogP contribution in [0.25, 0.3) is 10.9 Å². The van der Waals surface area contributed by atoms with Crippen molar-refractivity contribution in [2.75, 3.05) is 18.6 Å². The Labute approximate surface area is 158 Å². The zero-order valence-electron chi connectivity index (χ0n) is 14.9. The molecule has 1 aliphatic heterocycles. The summed E-state index contributed by atoms with van der Waals surface area (Å²) in [6.45, 7) is 3.63. The van der Waals surface area contributed by atoms with Gasteiger partial charge in [-0.05, 0) is 30.7 Å². The molecule has 2 heterocycles. The maximum absolute atomic E-state index is 6.56. The first kappa shape index (κ1) is 16.9. The molecule has 3 aromatic rings. The molecule has 1 aliphatic rings. The number of benzene rings is 2. The summed E-state index contributed by atoms with van der Waals surface area (Å²) in [5.41, 5.74) is 5.41. The minimum atomic E-state index is 0.733. The van der Waals surface area contributed by atoms with Gasteiger partial charge in [-0.3, -0.25) is 0 Å². The summed E-state index contributed by atoms with van der Waals surface area (Å²) in [6.07, 6.45) is 0.788. The van der Waals surface area contributed by atoms with E-state index < -0.39 is 0 Å². The SMILES string of the molecule is CO/N=C1\CCN(c2cc(Cl)c3cc(C)ccc3n2)Cc2ccccc21. The van der Waals surface area contributed by atoms with Crippen LogP contribution in [-0.2, 0) is 11.4 Å². The second kappa shape index (κ2) is 6.96. The molecule has 4 rings (SSSR count). The van der Waals surface area contributed by atoms with Crippen molar-refractivity contribution >= 4 is 34.0 Å². The van der Waals surface area contributed by atoms with Crippen molar-refractivity contribution in [1.29, 1.82) is 0 Å². The second-order valence-corrected chi connectivity index (χ2v) is 6.94. The molecule has 0 saturated heterocycles. The Kier molecular flexibility index (Phi) is 4.51. The highest BCUT2D eigenvalue weighted by Crippen LogP contribution is 2.30. The monoisotopic (exact) mass is 365 g/mol. The van der Waals surface area contributed by atoms with Crippen molar-refractivity contribution in [2.45, 2.75) is 19.9 Å². The zero-order chi connectivity index (χ0) is 18.1. The van der Waals surface area contributed by atoms with E-state index in [1.165, 1.54) is 11.1 Å². The molecule has 0 spiro atoms. The van der Waals surface area contributed by atoms with Crippen LogP contribution in [0.4, 0.5) is 5.82 Å². The van der Waals surface area contributed by atoms with E-state index in [9.17, 15) is 0 Å². The number of rotatable bonds is 2. The molecule has 0 amide bonds. The van der Waals surface area contributed by atoms with Gasteiger partial charge in [0.2, 0.25) is 0 Å². The standard InChI is InChI=1S/C21H20ClN3O/c1-14-7-8-19-17(11-14)18(22)12-21(23-19)25-10-9-20(24-26-2)16-6-4-3-5-15(16)13-25/h3-8,11-12H,9-10,13H2,1-2H3/b24-20+. The van der Waals surface area contributed by atoms with Gasteiger partial charge in [-0.2, -0.15) is 0 Å². The van der Waals surface area contributed by atoms with Gasteiger partial charge in [0.15, 0.2) is 0 Å². The molecule has 0 N–H and O–H groups in total. The first-order valence-electron chi connectivity index (χ1n) is 8.66. The van der Waals surface area contributed by atoms with Crippen LogP contribution in [0.3, 0.4) is 0 Å². The molecule has 0 atom stereocenters. The fourth-order valence-electron chi connectivity index (χ4n) is 3.45. The molecule has 26 heavy (non-hydrogen) atoms. The van der Waals surface area contributed by atoms with Gasteiger partial charge >= 0.3 is 0 Å². The Morgan fingerprint density at radius 1 is 1.15 bits per heavy atom. The highest BCUT2D eigenvalue weighted by atomic mass is 35.5. The first-order chi connectivity index (χ1) is 12.7. The number of pyridine rings is 1. The number of aryl methyl sites for hydroxylation is 1. The number of anilines is 1. The number of oxime groups is 1. The number of hydrogen-bond acceptors (Lipinski definition) is 4. The normalized spacial score (nSPS) is 15.8. The lowest BCUT2D eigenvalue weighted by molar-refractivity contribution is 0.213. The van der Waals surface area contributed by atoms with E-state index in [1.807, 2.05) is 18.2 Å². The fourth-order valence-corrected chi connectivity index (χ4v) is 3.70. The fraction of sp³-hybridized carbons (Fsp3) is 0.238. The highest BCUT2D eigenvalue weighted by Gasteiger charge is 2.21. The van der Waals surface area contributed by atoms with Gasteiger partial charge in [-0.15, -0.1) is 0 Å². The van der Waals surface area contributed by atoms with Crippen LogP contribution in [0, 0.1) is 6.92 Å². The lowest BCUT2D eigenvalue weighted by Crippen LogP contribution is -2.24. The van der Waals surface area contributed by atoms with Crippen LogP contribution in [-0.4, -0.2) is 24.4 Å². The Bertz CT molecular complexity index is 1000. The van der Waals surface area contributed by atoms with Gasteiger partial charge in [-0.25, -0.2) is 4.98 Å². The van der Waals surface area contributed by atoms with Crippen LogP contribution in [0.2, 0.25) is 5.02 Å². The molecule has 5 heteroatoms.